The Labute approximate surface area is 120 Å². The summed E-state index contributed by atoms with van der Waals surface area (Å²) in [6.45, 7) is 8.29. The third kappa shape index (κ3) is 3.02. The molecule has 2 rings (SSSR count). The number of anilines is 2. The van der Waals surface area contributed by atoms with E-state index in [2.05, 4.69) is 29.0 Å². The first-order chi connectivity index (χ1) is 9.56. The van der Waals surface area contributed by atoms with Gasteiger partial charge in [0.05, 0.1) is 19.3 Å². The van der Waals surface area contributed by atoms with Crippen molar-refractivity contribution in [2.24, 2.45) is 0 Å². The van der Waals surface area contributed by atoms with Crippen LogP contribution in [0.1, 0.15) is 31.2 Å². The maximum Gasteiger partial charge on any atom is 0.137 e. The first-order valence-corrected chi connectivity index (χ1v) is 7.10. The zero-order valence-electron chi connectivity index (χ0n) is 12.7. The van der Waals surface area contributed by atoms with Gasteiger partial charge in [-0.2, -0.15) is 0 Å². The number of hydrogen-bond donors (Lipinski definition) is 2. The van der Waals surface area contributed by atoms with Crippen LogP contribution in [0.5, 0.6) is 0 Å². The molecule has 0 bridgehead atoms. The molecule has 0 aromatic carbocycles. The maximum absolute atomic E-state index is 9.27. The molecule has 2 heterocycles. The Hall–Kier alpha value is -1.40. The Morgan fingerprint density at radius 1 is 1.45 bits per heavy atom. The molecule has 1 aliphatic heterocycles. The zero-order chi connectivity index (χ0) is 14.7. The van der Waals surface area contributed by atoms with Crippen molar-refractivity contribution in [3.63, 3.8) is 0 Å². The Bertz CT molecular complexity index is 465. The average Bonchev–Trinajstić information content (AvgIpc) is 2.47. The molecule has 1 aromatic heterocycles. The number of aliphatic hydroxyl groups excluding tert-OH is 1. The second kappa shape index (κ2) is 6.37. The smallest absolute Gasteiger partial charge is 0.137 e. The third-order valence-electron chi connectivity index (χ3n) is 3.53. The van der Waals surface area contributed by atoms with E-state index in [0.29, 0.717) is 13.2 Å². The first-order valence-electron chi connectivity index (χ1n) is 7.10. The second-order valence-corrected chi connectivity index (χ2v) is 5.41. The Kier molecular flexibility index (Phi) is 4.77. The normalized spacial score (nSPS) is 19.5. The Morgan fingerprint density at radius 2 is 2.20 bits per heavy atom. The molecule has 2 N–H and O–H groups in total. The van der Waals surface area contributed by atoms with Crippen LogP contribution in [-0.2, 0) is 4.74 Å². The van der Waals surface area contributed by atoms with E-state index in [9.17, 15) is 5.11 Å². The van der Waals surface area contributed by atoms with Gasteiger partial charge < -0.3 is 20.1 Å². The highest BCUT2D eigenvalue weighted by Crippen LogP contribution is 2.27. The van der Waals surface area contributed by atoms with Crippen LogP contribution in [0.2, 0.25) is 0 Å². The summed E-state index contributed by atoms with van der Waals surface area (Å²) in [5, 5.41) is 12.4. The molecule has 6 nitrogen and oxygen atoms in total. The molecule has 112 valence electrons. The van der Waals surface area contributed by atoms with Crippen LogP contribution < -0.4 is 10.2 Å². The van der Waals surface area contributed by atoms with E-state index in [1.54, 1.807) is 0 Å². The van der Waals surface area contributed by atoms with Crippen molar-refractivity contribution in [2.45, 2.75) is 32.8 Å². The maximum atomic E-state index is 9.27. The van der Waals surface area contributed by atoms with Crippen molar-refractivity contribution >= 4 is 11.6 Å². The van der Waals surface area contributed by atoms with Gasteiger partial charge in [-0.1, -0.05) is 13.8 Å². The van der Waals surface area contributed by atoms with Crippen molar-refractivity contribution in [3.8, 4) is 0 Å². The lowest BCUT2D eigenvalue weighted by molar-refractivity contribution is 0.00332. The minimum Gasteiger partial charge on any atom is -0.394 e. The van der Waals surface area contributed by atoms with Gasteiger partial charge in [0.25, 0.3) is 0 Å². The Morgan fingerprint density at radius 3 is 2.80 bits per heavy atom. The van der Waals surface area contributed by atoms with Gasteiger partial charge in [0.2, 0.25) is 0 Å². The highest BCUT2D eigenvalue weighted by Gasteiger charge is 2.24. The second-order valence-electron chi connectivity index (χ2n) is 5.41. The standard InChI is InChI=1S/C14H24N4O2/c1-9(2)12-16-13(15-4)10(3)14(17-12)18-5-6-20-11(7-18)8-19/h9,11,19H,5-8H2,1-4H3,(H,15,16,17). The summed E-state index contributed by atoms with van der Waals surface area (Å²) in [4.78, 5) is 11.4. The summed E-state index contributed by atoms with van der Waals surface area (Å²) in [5.74, 6) is 2.92. The number of nitrogens with zero attached hydrogens (tertiary/aromatic N) is 3. The summed E-state index contributed by atoms with van der Waals surface area (Å²) in [5.41, 5.74) is 1.04. The summed E-state index contributed by atoms with van der Waals surface area (Å²) in [6.07, 6.45) is -0.140. The molecule has 0 aliphatic carbocycles. The number of aromatic nitrogens is 2. The van der Waals surface area contributed by atoms with Crippen LogP contribution in [0.4, 0.5) is 11.6 Å². The van der Waals surface area contributed by atoms with Gasteiger partial charge in [-0.3, -0.25) is 0 Å². The summed E-state index contributed by atoms with van der Waals surface area (Å²) < 4.78 is 5.50. The van der Waals surface area contributed by atoms with Gasteiger partial charge in [-0.15, -0.1) is 0 Å². The molecule has 0 amide bonds. The van der Waals surface area contributed by atoms with Gasteiger partial charge in [0, 0.05) is 31.6 Å². The molecule has 0 saturated carbocycles. The number of aliphatic hydroxyl groups is 1. The Balaban J connectivity index is 2.36. The number of morpholine rings is 1. The van der Waals surface area contributed by atoms with E-state index in [0.717, 1.165) is 29.6 Å². The number of hydrogen-bond acceptors (Lipinski definition) is 6. The van der Waals surface area contributed by atoms with Crippen molar-refractivity contribution in [1.82, 2.24) is 9.97 Å². The van der Waals surface area contributed by atoms with E-state index in [-0.39, 0.29) is 18.6 Å². The lowest BCUT2D eigenvalue weighted by Crippen LogP contribution is -2.45. The molecule has 1 saturated heterocycles. The number of rotatable bonds is 4. The fourth-order valence-electron chi connectivity index (χ4n) is 2.35. The van der Waals surface area contributed by atoms with Crippen LogP contribution in [0.25, 0.3) is 0 Å². The first kappa shape index (κ1) is 15.0. The molecule has 6 heteroatoms. The fourth-order valence-corrected chi connectivity index (χ4v) is 2.35. The van der Waals surface area contributed by atoms with Gasteiger partial charge in [-0.25, -0.2) is 9.97 Å². The van der Waals surface area contributed by atoms with Crippen molar-refractivity contribution < 1.29 is 9.84 Å². The lowest BCUT2D eigenvalue weighted by Gasteiger charge is -2.34. The van der Waals surface area contributed by atoms with E-state index >= 15 is 0 Å². The van der Waals surface area contributed by atoms with Crippen molar-refractivity contribution in [2.75, 3.05) is 43.6 Å². The minimum absolute atomic E-state index is 0.0382. The fraction of sp³-hybridized carbons (Fsp3) is 0.714. The molecular formula is C14H24N4O2. The van der Waals surface area contributed by atoms with Crippen LogP contribution >= 0.6 is 0 Å². The van der Waals surface area contributed by atoms with Crippen LogP contribution in [0.15, 0.2) is 0 Å². The summed E-state index contributed by atoms with van der Waals surface area (Å²) in [7, 11) is 1.87. The molecule has 1 unspecified atom stereocenters. The molecule has 0 spiro atoms. The zero-order valence-corrected chi connectivity index (χ0v) is 12.7. The molecule has 1 aliphatic rings. The summed E-state index contributed by atoms with van der Waals surface area (Å²) >= 11 is 0. The minimum atomic E-state index is -0.140. The predicted molar refractivity (Wildman–Crippen MR) is 79.4 cm³/mol. The molecule has 0 radical (unpaired) electrons. The summed E-state index contributed by atoms with van der Waals surface area (Å²) in [6, 6.07) is 0. The predicted octanol–water partition coefficient (Wildman–Crippen LogP) is 1.15. The van der Waals surface area contributed by atoms with E-state index in [1.165, 1.54) is 0 Å². The van der Waals surface area contributed by atoms with Gasteiger partial charge in [0.1, 0.15) is 17.5 Å². The van der Waals surface area contributed by atoms with Gasteiger partial charge in [0.15, 0.2) is 0 Å². The van der Waals surface area contributed by atoms with E-state index in [1.807, 2.05) is 14.0 Å². The van der Waals surface area contributed by atoms with E-state index < -0.39 is 0 Å². The van der Waals surface area contributed by atoms with E-state index in [4.69, 9.17) is 9.72 Å². The number of ether oxygens (including phenoxy) is 1. The average molecular weight is 280 g/mol. The molecular weight excluding hydrogens is 256 g/mol. The highest BCUT2D eigenvalue weighted by molar-refractivity contribution is 5.58. The van der Waals surface area contributed by atoms with Gasteiger partial charge >= 0.3 is 0 Å². The monoisotopic (exact) mass is 280 g/mol. The van der Waals surface area contributed by atoms with Crippen LogP contribution in [-0.4, -0.2) is 54.5 Å². The largest absolute Gasteiger partial charge is 0.394 e. The quantitative estimate of drug-likeness (QED) is 0.862. The highest BCUT2D eigenvalue weighted by atomic mass is 16.5. The molecule has 1 fully saturated rings. The van der Waals surface area contributed by atoms with Crippen LogP contribution in [0, 0.1) is 6.92 Å². The van der Waals surface area contributed by atoms with Crippen LogP contribution in [0.3, 0.4) is 0 Å². The molecule has 1 atom stereocenters. The molecule has 20 heavy (non-hydrogen) atoms. The lowest BCUT2D eigenvalue weighted by atomic mass is 10.2. The van der Waals surface area contributed by atoms with Gasteiger partial charge in [-0.05, 0) is 6.92 Å². The molecule has 1 aromatic rings. The SMILES string of the molecule is CNc1nc(C(C)C)nc(N2CCOC(CO)C2)c1C. The van der Waals surface area contributed by atoms with Crippen molar-refractivity contribution in [1.29, 1.82) is 0 Å². The third-order valence-corrected chi connectivity index (χ3v) is 3.53. The number of nitrogens with one attached hydrogen (secondary N) is 1. The van der Waals surface area contributed by atoms with Crippen molar-refractivity contribution in [3.05, 3.63) is 11.4 Å². The topological polar surface area (TPSA) is 70.5 Å².